The standard InChI is InChI=1S/C83H162O17P2/c1-8-10-11-12-13-14-15-16-24-30-37-45-52-59-66-82(87)100-79(71-94-81(86)65-58-51-44-39-32-34-41-48-55-62-75(5)6)73-98-102(91,92)96-69-77(84)68-95-101(89,90)97-72-78(99-83(88)67-60-53-46-38-31-26-19-17-18-22-27-33-40-47-54-61-74(3)4)70-93-80(85)64-57-50-43-36-29-25-21-20-23-28-35-42-49-56-63-76(7)9-2/h74-79,84H,8-73H2,1-7H3,(H,89,90)(H,91,92)/t76?,77-,78-,79-/m1/s1. The van der Waals surface area contributed by atoms with Crippen LogP contribution in [0.25, 0.3) is 0 Å². The third-order valence-corrected chi connectivity index (χ3v) is 21.6. The molecule has 0 fully saturated rings. The number of esters is 4. The summed E-state index contributed by atoms with van der Waals surface area (Å²) >= 11 is 0. The Kier molecular flexibility index (Phi) is 71.8. The quantitative estimate of drug-likeness (QED) is 0.0222. The first-order chi connectivity index (χ1) is 49.3. The van der Waals surface area contributed by atoms with Crippen LogP contribution in [0.4, 0.5) is 0 Å². The van der Waals surface area contributed by atoms with Gasteiger partial charge in [0.25, 0.3) is 0 Å². The summed E-state index contributed by atoms with van der Waals surface area (Å²) in [5, 5.41) is 10.7. The molecule has 0 aromatic rings. The van der Waals surface area contributed by atoms with Gasteiger partial charge < -0.3 is 33.8 Å². The van der Waals surface area contributed by atoms with Gasteiger partial charge in [0.15, 0.2) is 12.2 Å². The second-order valence-electron chi connectivity index (χ2n) is 31.1. The summed E-state index contributed by atoms with van der Waals surface area (Å²) in [7, 11) is -9.92. The van der Waals surface area contributed by atoms with Crippen molar-refractivity contribution in [3.8, 4) is 0 Å². The first-order valence-corrected chi connectivity index (χ1v) is 45.9. The lowest BCUT2D eigenvalue weighted by Crippen LogP contribution is -2.30. The third-order valence-electron chi connectivity index (χ3n) is 19.7. The topological polar surface area (TPSA) is 237 Å². The van der Waals surface area contributed by atoms with E-state index in [-0.39, 0.29) is 25.7 Å². The van der Waals surface area contributed by atoms with E-state index in [4.69, 9.17) is 37.0 Å². The Balaban J connectivity index is 5.26. The van der Waals surface area contributed by atoms with Gasteiger partial charge in [-0.15, -0.1) is 0 Å². The van der Waals surface area contributed by atoms with Crippen LogP contribution < -0.4 is 0 Å². The fourth-order valence-corrected chi connectivity index (χ4v) is 14.4. The Bertz CT molecular complexity index is 1980. The molecule has 606 valence electrons. The van der Waals surface area contributed by atoms with E-state index in [0.29, 0.717) is 25.7 Å². The molecule has 0 bridgehead atoms. The fourth-order valence-electron chi connectivity index (χ4n) is 12.8. The van der Waals surface area contributed by atoms with Crippen molar-refractivity contribution in [2.75, 3.05) is 39.6 Å². The Morgan fingerprint density at radius 2 is 0.500 bits per heavy atom. The molecule has 0 amide bonds. The third kappa shape index (κ3) is 74.9. The van der Waals surface area contributed by atoms with Crippen molar-refractivity contribution in [2.45, 2.75) is 452 Å². The Hall–Kier alpha value is -1.94. The highest BCUT2D eigenvalue weighted by molar-refractivity contribution is 7.47. The molecule has 0 saturated carbocycles. The number of ether oxygens (including phenoxy) is 4. The van der Waals surface area contributed by atoms with Gasteiger partial charge >= 0.3 is 39.5 Å². The minimum absolute atomic E-state index is 0.108. The molecule has 0 aromatic heterocycles. The highest BCUT2D eigenvalue weighted by Gasteiger charge is 2.30. The smallest absolute Gasteiger partial charge is 0.462 e. The van der Waals surface area contributed by atoms with E-state index in [9.17, 15) is 43.2 Å². The number of hydrogen-bond acceptors (Lipinski definition) is 15. The van der Waals surface area contributed by atoms with E-state index < -0.39 is 97.5 Å². The summed E-state index contributed by atoms with van der Waals surface area (Å²) in [6.45, 7) is 12.0. The monoisotopic (exact) mass is 1490 g/mol. The molecule has 3 unspecified atom stereocenters. The summed E-state index contributed by atoms with van der Waals surface area (Å²) in [4.78, 5) is 73.1. The Morgan fingerprint density at radius 3 is 0.745 bits per heavy atom. The van der Waals surface area contributed by atoms with Gasteiger partial charge in [-0.05, 0) is 43.4 Å². The number of aliphatic hydroxyl groups excluding tert-OH is 1. The maximum Gasteiger partial charge on any atom is 0.472 e. The average Bonchev–Trinajstić information content (AvgIpc) is 0.910. The molecule has 0 spiro atoms. The van der Waals surface area contributed by atoms with Gasteiger partial charge in [0, 0.05) is 25.7 Å². The normalized spacial score (nSPS) is 14.2. The SMILES string of the molecule is CCCCCCCCCCCCCCCCC(=O)O[C@H](COC(=O)CCCCCCCCCCCC(C)C)COP(=O)(O)OC[C@H](O)COP(=O)(O)OC[C@@H](COC(=O)CCCCCCCCCCCCCCCCC(C)CC)OC(=O)CCCCCCCCCCCCCCCCCC(C)C. The van der Waals surface area contributed by atoms with Crippen LogP contribution in [0.3, 0.4) is 0 Å². The molecule has 0 aromatic carbocycles. The molecule has 0 radical (unpaired) electrons. The maximum absolute atomic E-state index is 13.1. The van der Waals surface area contributed by atoms with E-state index in [1.54, 1.807) is 0 Å². The second-order valence-corrected chi connectivity index (χ2v) is 34.0. The molecule has 0 aliphatic carbocycles. The molecule has 6 atom stereocenters. The van der Waals surface area contributed by atoms with Crippen LogP contribution in [0.5, 0.6) is 0 Å². The van der Waals surface area contributed by atoms with E-state index in [2.05, 4.69) is 48.5 Å². The van der Waals surface area contributed by atoms with Gasteiger partial charge in [-0.25, -0.2) is 9.13 Å². The van der Waals surface area contributed by atoms with E-state index in [1.165, 1.54) is 244 Å². The molecule has 0 rings (SSSR count). The van der Waals surface area contributed by atoms with Gasteiger partial charge in [-0.2, -0.15) is 0 Å². The zero-order chi connectivity index (χ0) is 75.1. The van der Waals surface area contributed by atoms with Gasteiger partial charge in [0.05, 0.1) is 26.4 Å². The van der Waals surface area contributed by atoms with Crippen molar-refractivity contribution in [3.63, 3.8) is 0 Å². The van der Waals surface area contributed by atoms with Crippen LogP contribution >= 0.6 is 15.6 Å². The zero-order valence-corrected chi connectivity index (χ0v) is 68.9. The van der Waals surface area contributed by atoms with Crippen molar-refractivity contribution in [2.24, 2.45) is 17.8 Å². The largest absolute Gasteiger partial charge is 0.472 e. The lowest BCUT2D eigenvalue weighted by Gasteiger charge is -2.21. The fraction of sp³-hybridized carbons (Fsp3) is 0.952. The number of aliphatic hydroxyl groups is 1. The van der Waals surface area contributed by atoms with Crippen LogP contribution in [0, 0.1) is 17.8 Å². The molecular weight excluding hydrogens is 1330 g/mol. The van der Waals surface area contributed by atoms with E-state index >= 15 is 0 Å². The number of hydrogen-bond donors (Lipinski definition) is 3. The first-order valence-electron chi connectivity index (χ1n) is 42.9. The minimum Gasteiger partial charge on any atom is -0.462 e. The number of unbranched alkanes of at least 4 members (excludes halogenated alkanes) is 48. The molecule has 0 saturated heterocycles. The number of phosphoric acid groups is 2. The molecule has 17 nitrogen and oxygen atoms in total. The lowest BCUT2D eigenvalue weighted by atomic mass is 9.99. The van der Waals surface area contributed by atoms with Gasteiger partial charge in [0.2, 0.25) is 0 Å². The van der Waals surface area contributed by atoms with E-state index in [0.717, 1.165) is 108 Å². The molecular formula is C83H162O17P2. The highest BCUT2D eigenvalue weighted by Crippen LogP contribution is 2.45. The van der Waals surface area contributed by atoms with Gasteiger partial charge in [0.1, 0.15) is 19.3 Å². The maximum atomic E-state index is 13.1. The number of phosphoric ester groups is 2. The molecule has 0 aliphatic rings. The van der Waals surface area contributed by atoms with Crippen molar-refractivity contribution < 1.29 is 80.2 Å². The minimum atomic E-state index is -4.96. The number of carbonyl (C=O) groups is 4. The molecule has 0 heterocycles. The summed E-state index contributed by atoms with van der Waals surface area (Å²) in [5.74, 6) is 0.290. The van der Waals surface area contributed by atoms with Gasteiger partial charge in [-0.3, -0.25) is 37.3 Å². The molecule has 102 heavy (non-hydrogen) atoms. The highest BCUT2D eigenvalue weighted by atomic mass is 31.2. The first kappa shape index (κ1) is 100. The summed E-state index contributed by atoms with van der Waals surface area (Å²) in [6.07, 6.45) is 62.3. The van der Waals surface area contributed by atoms with Crippen LogP contribution in [-0.2, 0) is 65.4 Å². The zero-order valence-electron chi connectivity index (χ0n) is 67.1. The van der Waals surface area contributed by atoms with Crippen molar-refractivity contribution >= 4 is 39.5 Å². The van der Waals surface area contributed by atoms with E-state index in [1.807, 2.05) is 0 Å². The van der Waals surface area contributed by atoms with Crippen LogP contribution in [0.1, 0.15) is 434 Å². The van der Waals surface area contributed by atoms with Crippen molar-refractivity contribution in [1.29, 1.82) is 0 Å². The predicted octanol–water partition coefficient (Wildman–Crippen LogP) is 24.9. The number of rotatable bonds is 81. The van der Waals surface area contributed by atoms with Crippen LogP contribution in [-0.4, -0.2) is 96.7 Å². The second kappa shape index (κ2) is 73.2. The summed E-state index contributed by atoms with van der Waals surface area (Å²) in [6, 6.07) is 0. The molecule has 3 N–H and O–H groups in total. The summed E-state index contributed by atoms with van der Waals surface area (Å²) in [5.41, 5.74) is 0. The average molecular weight is 1490 g/mol. The van der Waals surface area contributed by atoms with Crippen molar-refractivity contribution in [1.82, 2.24) is 0 Å². The molecule has 0 aliphatic heterocycles. The van der Waals surface area contributed by atoms with Crippen LogP contribution in [0.15, 0.2) is 0 Å². The summed E-state index contributed by atoms with van der Waals surface area (Å²) < 4.78 is 68.8. The number of carbonyl (C=O) groups excluding carboxylic acids is 4. The Labute approximate surface area is 626 Å². The van der Waals surface area contributed by atoms with Gasteiger partial charge in [-0.1, -0.05) is 382 Å². The molecule has 19 heteroatoms. The predicted molar refractivity (Wildman–Crippen MR) is 418 cm³/mol. The lowest BCUT2D eigenvalue weighted by molar-refractivity contribution is -0.161. The van der Waals surface area contributed by atoms with Crippen LogP contribution in [0.2, 0.25) is 0 Å². The Morgan fingerprint density at radius 1 is 0.284 bits per heavy atom. The van der Waals surface area contributed by atoms with Crippen molar-refractivity contribution in [3.05, 3.63) is 0 Å².